The van der Waals surface area contributed by atoms with E-state index in [1.54, 1.807) is 12.1 Å². The van der Waals surface area contributed by atoms with Crippen molar-refractivity contribution in [3.8, 4) is 5.75 Å². The first-order chi connectivity index (χ1) is 16.9. The van der Waals surface area contributed by atoms with Gasteiger partial charge < -0.3 is 9.84 Å². The number of carbonyl (C=O) groups excluding carboxylic acids is 2. The van der Waals surface area contributed by atoms with Crippen LogP contribution in [0.15, 0.2) is 72.3 Å². The lowest BCUT2D eigenvalue weighted by atomic mass is 9.94. The molecule has 6 nitrogen and oxygen atoms in total. The van der Waals surface area contributed by atoms with Crippen molar-refractivity contribution in [2.24, 2.45) is 0 Å². The van der Waals surface area contributed by atoms with Crippen LogP contribution in [0.1, 0.15) is 35.2 Å². The fraction of sp³-hybridized carbons (Fsp3) is 0.179. The van der Waals surface area contributed by atoms with Crippen LogP contribution < -0.4 is 9.64 Å². The Morgan fingerprint density at radius 3 is 2.69 bits per heavy atom. The average molecular weight is 483 g/mol. The van der Waals surface area contributed by atoms with Gasteiger partial charge >= 0.3 is 5.91 Å². The Hall–Kier alpha value is -3.97. The number of hydrogen-bond acceptors (Lipinski definition) is 6. The fourth-order valence-corrected chi connectivity index (χ4v) is 5.92. The van der Waals surface area contributed by atoms with E-state index in [1.807, 2.05) is 68.4 Å². The monoisotopic (exact) mass is 482 g/mol. The molecule has 0 bridgehead atoms. The van der Waals surface area contributed by atoms with Gasteiger partial charge in [0.1, 0.15) is 17.6 Å². The number of fused-ring (bicyclic) bond motifs is 2. The summed E-state index contributed by atoms with van der Waals surface area (Å²) < 4.78 is 6.71. The molecule has 4 aromatic rings. The van der Waals surface area contributed by atoms with Crippen molar-refractivity contribution >= 4 is 44.1 Å². The van der Waals surface area contributed by atoms with Gasteiger partial charge in [0.25, 0.3) is 5.78 Å². The van der Waals surface area contributed by atoms with Crippen LogP contribution in [0.25, 0.3) is 16.0 Å². The summed E-state index contributed by atoms with van der Waals surface area (Å²) in [6, 6.07) is 19.7. The zero-order valence-corrected chi connectivity index (χ0v) is 20.0. The molecular formula is C28H22N2O4S. The third-order valence-corrected chi connectivity index (χ3v) is 7.49. The standard InChI is InChI=1S/C28H22N2O4S/c1-15-8-10-20-22(12-15)35-28(29-20)30-24(17-6-4-3-5-7-17)23(26(32)27(30)33)25(31)18-9-11-21-19(14-18)13-16(2)34-21/h3-12,14,16,24,31H,13H2,1-2H3/b25-23+/t16-,24+/m1/s1. The van der Waals surface area contributed by atoms with Crippen LogP contribution in [-0.4, -0.2) is 27.9 Å². The highest BCUT2D eigenvalue weighted by atomic mass is 32.1. The molecule has 3 aromatic carbocycles. The maximum absolute atomic E-state index is 13.4. The highest BCUT2D eigenvalue weighted by Crippen LogP contribution is 2.44. The summed E-state index contributed by atoms with van der Waals surface area (Å²) >= 11 is 1.36. The van der Waals surface area contributed by atoms with E-state index in [9.17, 15) is 14.7 Å². The Morgan fingerprint density at radius 2 is 1.89 bits per heavy atom. The second-order valence-electron chi connectivity index (χ2n) is 9.00. The van der Waals surface area contributed by atoms with Crippen molar-refractivity contribution in [1.29, 1.82) is 0 Å². The van der Waals surface area contributed by atoms with Gasteiger partial charge in [0, 0.05) is 12.0 Å². The molecule has 1 saturated heterocycles. The minimum absolute atomic E-state index is 0.0555. The predicted molar refractivity (Wildman–Crippen MR) is 136 cm³/mol. The summed E-state index contributed by atoms with van der Waals surface area (Å²) in [7, 11) is 0. The third-order valence-electron chi connectivity index (χ3n) is 6.47. The summed E-state index contributed by atoms with van der Waals surface area (Å²) in [6.07, 6.45) is 0.776. The molecule has 2 aliphatic heterocycles. The summed E-state index contributed by atoms with van der Waals surface area (Å²) in [5.41, 5.74) is 4.08. The smallest absolute Gasteiger partial charge is 0.301 e. The zero-order valence-electron chi connectivity index (χ0n) is 19.2. The van der Waals surface area contributed by atoms with Crippen LogP contribution in [0.4, 0.5) is 5.13 Å². The minimum Gasteiger partial charge on any atom is -0.507 e. The topological polar surface area (TPSA) is 79.7 Å². The lowest BCUT2D eigenvalue weighted by Crippen LogP contribution is -2.29. The molecular weight excluding hydrogens is 460 g/mol. The van der Waals surface area contributed by atoms with E-state index in [-0.39, 0.29) is 17.4 Å². The molecule has 35 heavy (non-hydrogen) atoms. The molecule has 7 heteroatoms. The summed E-state index contributed by atoms with van der Waals surface area (Å²) in [4.78, 5) is 32.9. The molecule has 0 unspecified atom stereocenters. The number of rotatable bonds is 3. The molecule has 6 rings (SSSR count). The van der Waals surface area contributed by atoms with Crippen LogP contribution in [0, 0.1) is 6.92 Å². The van der Waals surface area contributed by atoms with Crippen LogP contribution in [0.2, 0.25) is 0 Å². The maximum atomic E-state index is 13.4. The second kappa shape index (κ2) is 8.06. The zero-order chi connectivity index (χ0) is 24.3. The van der Waals surface area contributed by atoms with Crippen LogP contribution in [0.5, 0.6) is 5.75 Å². The number of thiazole rings is 1. The van der Waals surface area contributed by atoms with Gasteiger partial charge in [-0.2, -0.15) is 0 Å². The van der Waals surface area contributed by atoms with Crippen molar-refractivity contribution in [2.45, 2.75) is 32.4 Å². The lowest BCUT2D eigenvalue weighted by Gasteiger charge is -2.23. The predicted octanol–water partition coefficient (Wildman–Crippen LogP) is 5.55. The molecule has 1 N–H and O–H groups in total. The lowest BCUT2D eigenvalue weighted by molar-refractivity contribution is -0.132. The van der Waals surface area contributed by atoms with E-state index < -0.39 is 17.7 Å². The molecule has 0 spiro atoms. The van der Waals surface area contributed by atoms with Gasteiger partial charge in [-0.1, -0.05) is 47.7 Å². The molecule has 0 aliphatic carbocycles. The van der Waals surface area contributed by atoms with Crippen molar-refractivity contribution in [1.82, 2.24) is 4.98 Å². The average Bonchev–Trinajstić information content (AvgIpc) is 3.51. The molecule has 1 aromatic heterocycles. The molecule has 2 atom stereocenters. The van der Waals surface area contributed by atoms with E-state index in [2.05, 4.69) is 4.98 Å². The minimum atomic E-state index is -0.790. The van der Waals surface area contributed by atoms with Crippen LogP contribution >= 0.6 is 11.3 Å². The van der Waals surface area contributed by atoms with Gasteiger partial charge in [0.05, 0.1) is 21.8 Å². The SMILES string of the molecule is Cc1ccc2nc(N3C(=O)C(=O)/C(=C(/O)c4ccc5c(c4)C[C@@H](C)O5)[C@@H]3c3ccccc3)sc2c1. The highest BCUT2D eigenvalue weighted by molar-refractivity contribution is 7.22. The number of nitrogens with zero attached hydrogens (tertiary/aromatic N) is 2. The number of aliphatic hydroxyl groups excluding tert-OH is 1. The Balaban J connectivity index is 1.53. The van der Waals surface area contributed by atoms with E-state index in [1.165, 1.54) is 16.2 Å². The number of carbonyl (C=O) groups is 2. The second-order valence-corrected chi connectivity index (χ2v) is 10.0. The fourth-order valence-electron chi connectivity index (χ4n) is 4.83. The van der Waals surface area contributed by atoms with Gasteiger partial charge in [-0.3, -0.25) is 14.5 Å². The number of amides is 1. The Kier molecular flexibility index (Phi) is 4.96. The highest BCUT2D eigenvalue weighted by Gasteiger charge is 2.48. The van der Waals surface area contributed by atoms with Crippen molar-refractivity contribution < 1.29 is 19.4 Å². The number of aliphatic hydroxyl groups is 1. The Morgan fingerprint density at radius 1 is 1.09 bits per heavy atom. The van der Waals surface area contributed by atoms with E-state index in [0.29, 0.717) is 10.7 Å². The molecule has 2 aliphatic rings. The number of ether oxygens (including phenoxy) is 1. The van der Waals surface area contributed by atoms with Crippen LogP contribution in [0.3, 0.4) is 0 Å². The van der Waals surface area contributed by atoms with Gasteiger partial charge in [0.15, 0.2) is 5.13 Å². The van der Waals surface area contributed by atoms with Gasteiger partial charge in [0.2, 0.25) is 0 Å². The van der Waals surface area contributed by atoms with Gasteiger partial charge in [-0.15, -0.1) is 0 Å². The normalized spacial score (nSPS) is 20.9. The molecule has 1 amide bonds. The van der Waals surface area contributed by atoms with Crippen molar-refractivity contribution in [3.05, 3.63) is 94.6 Å². The molecule has 174 valence electrons. The number of aryl methyl sites for hydroxylation is 1. The number of hydrogen-bond donors (Lipinski definition) is 1. The summed E-state index contributed by atoms with van der Waals surface area (Å²) in [6.45, 7) is 3.98. The van der Waals surface area contributed by atoms with E-state index in [0.717, 1.165) is 39.1 Å². The molecule has 1 fully saturated rings. The summed E-state index contributed by atoms with van der Waals surface area (Å²) in [5.74, 6) is -0.843. The molecule has 0 radical (unpaired) electrons. The van der Waals surface area contributed by atoms with E-state index >= 15 is 0 Å². The quantitative estimate of drug-likeness (QED) is 0.235. The Bertz CT molecular complexity index is 1540. The maximum Gasteiger partial charge on any atom is 0.301 e. The number of Topliss-reactive ketones (excluding diaryl/α,β-unsaturated/α-hetero) is 1. The van der Waals surface area contributed by atoms with Crippen LogP contribution in [-0.2, 0) is 16.0 Å². The summed E-state index contributed by atoms with van der Waals surface area (Å²) in [5, 5.41) is 11.8. The third kappa shape index (κ3) is 3.51. The van der Waals surface area contributed by atoms with Gasteiger partial charge in [-0.25, -0.2) is 4.98 Å². The van der Waals surface area contributed by atoms with Gasteiger partial charge in [-0.05, 0) is 60.9 Å². The first kappa shape index (κ1) is 21.6. The largest absolute Gasteiger partial charge is 0.507 e. The first-order valence-electron chi connectivity index (χ1n) is 11.4. The number of benzene rings is 3. The molecule has 3 heterocycles. The number of anilines is 1. The van der Waals surface area contributed by atoms with E-state index in [4.69, 9.17) is 4.74 Å². The first-order valence-corrected chi connectivity index (χ1v) is 12.3. The van der Waals surface area contributed by atoms with Crippen molar-refractivity contribution in [3.63, 3.8) is 0 Å². The Labute approximate surface area is 206 Å². The van der Waals surface area contributed by atoms with Crippen molar-refractivity contribution in [2.75, 3.05) is 4.90 Å². The number of ketones is 1. The number of aromatic nitrogens is 1. The molecule has 0 saturated carbocycles.